The van der Waals surface area contributed by atoms with Gasteiger partial charge >= 0.3 is 0 Å². The van der Waals surface area contributed by atoms with Gasteiger partial charge in [0.15, 0.2) is 0 Å². The van der Waals surface area contributed by atoms with Gasteiger partial charge in [-0.15, -0.1) is 0 Å². The standard InChI is InChI=1S/C14H22N4/c15-12-10-16-13(17-11-12)18-8-6-14(7-9-18)4-2-1-3-5-14/h10-11H,1-9,15H2. The van der Waals surface area contributed by atoms with E-state index in [1.54, 1.807) is 12.4 Å². The minimum Gasteiger partial charge on any atom is -0.396 e. The number of aromatic nitrogens is 2. The Balaban J connectivity index is 1.64. The minimum absolute atomic E-state index is 0.638. The van der Waals surface area contributed by atoms with Gasteiger partial charge in [-0.3, -0.25) is 0 Å². The van der Waals surface area contributed by atoms with Crippen LogP contribution in [0, 0.1) is 5.41 Å². The van der Waals surface area contributed by atoms with Gasteiger partial charge in [-0.1, -0.05) is 19.3 Å². The molecular formula is C14H22N4. The van der Waals surface area contributed by atoms with Crippen LogP contribution in [0.4, 0.5) is 11.6 Å². The van der Waals surface area contributed by atoms with Crippen LogP contribution in [-0.4, -0.2) is 23.1 Å². The van der Waals surface area contributed by atoms with Crippen LogP contribution >= 0.6 is 0 Å². The predicted molar refractivity (Wildman–Crippen MR) is 73.4 cm³/mol. The Kier molecular flexibility index (Phi) is 3.10. The monoisotopic (exact) mass is 246 g/mol. The summed E-state index contributed by atoms with van der Waals surface area (Å²) in [6.45, 7) is 2.20. The summed E-state index contributed by atoms with van der Waals surface area (Å²) in [6.07, 6.45) is 13.2. The van der Waals surface area contributed by atoms with Crippen molar-refractivity contribution in [3.63, 3.8) is 0 Å². The molecule has 0 radical (unpaired) electrons. The number of piperidine rings is 1. The summed E-state index contributed by atoms with van der Waals surface area (Å²) in [5.41, 5.74) is 6.90. The minimum atomic E-state index is 0.638. The smallest absolute Gasteiger partial charge is 0.225 e. The van der Waals surface area contributed by atoms with Crippen LogP contribution in [-0.2, 0) is 0 Å². The fourth-order valence-corrected chi connectivity index (χ4v) is 3.48. The second-order valence-corrected chi connectivity index (χ2v) is 5.86. The highest BCUT2D eigenvalue weighted by atomic mass is 15.3. The third kappa shape index (κ3) is 2.28. The van der Waals surface area contributed by atoms with Crippen LogP contribution in [0.1, 0.15) is 44.9 Å². The lowest BCUT2D eigenvalue weighted by Crippen LogP contribution is -2.41. The van der Waals surface area contributed by atoms with E-state index in [1.165, 1.54) is 44.9 Å². The second-order valence-electron chi connectivity index (χ2n) is 5.86. The molecule has 0 atom stereocenters. The topological polar surface area (TPSA) is 55.0 Å². The first-order chi connectivity index (χ1) is 8.77. The Morgan fingerprint density at radius 1 is 0.944 bits per heavy atom. The van der Waals surface area contributed by atoms with Crippen molar-refractivity contribution in [2.75, 3.05) is 23.7 Å². The van der Waals surface area contributed by atoms with E-state index >= 15 is 0 Å². The van der Waals surface area contributed by atoms with E-state index < -0.39 is 0 Å². The molecule has 4 heteroatoms. The van der Waals surface area contributed by atoms with Crippen molar-refractivity contribution < 1.29 is 0 Å². The van der Waals surface area contributed by atoms with E-state index in [2.05, 4.69) is 14.9 Å². The van der Waals surface area contributed by atoms with Gasteiger partial charge in [0.05, 0.1) is 18.1 Å². The Bertz CT molecular complexity index is 385. The molecule has 0 aromatic carbocycles. The lowest BCUT2D eigenvalue weighted by Gasteiger charge is -2.44. The first-order valence-electron chi connectivity index (χ1n) is 7.10. The maximum absolute atomic E-state index is 5.62. The first-order valence-corrected chi connectivity index (χ1v) is 7.10. The zero-order valence-corrected chi connectivity index (χ0v) is 10.9. The van der Waals surface area contributed by atoms with E-state index in [9.17, 15) is 0 Å². The highest BCUT2D eigenvalue weighted by Gasteiger charge is 2.35. The molecule has 98 valence electrons. The van der Waals surface area contributed by atoms with Crippen LogP contribution in [0.3, 0.4) is 0 Å². The van der Waals surface area contributed by atoms with Crippen LogP contribution in [0.25, 0.3) is 0 Å². The van der Waals surface area contributed by atoms with Crippen molar-refractivity contribution in [1.29, 1.82) is 0 Å². The summed E-state index contributed by atoms with van der Waals surface area (Å²) in [4.78, 5) is 11.0. The Morgan fingerprint density at radius 2 is 1.56 bits per heavy atom. The summed E-state index contributed by atoms with van der Waals surface area (Å²) in [6, 6.07) is 0. The largest absolute Gasteiger partial charge is 0.396 e. The molecule has 0 bridgehead atoms. The van der Waals surface area contributed by atoms with Gasteiger partial charge in [0.25, 0.3) is 0 Å². The van der Waals surface area contributed by atoms with Crippen molar-refractivity contribution >= 4 is 11.6 Å². The zero-order valence-electron chi connectivity index (χ0n) is 10.9. The van der Waals surface area contributed by atoms with E-state index in [4.69, 9.17) is 5.73 Å². The number of hydrogen-bond donors (Lipinski definition) is 1. The summed E-state index contributed by atoms with van der Waals surface area (Å²) in [5.74, 6) is 0.842. The van der Waals surface area contributed by atoms with Gasteiger partial charge in [-0.25, -0.2) is 9.97 Å². The molecule has 18 heavy (non-hydrogen) atoms. The molecule has 2 heterocycles. The van der Waals surface area contributed by atoms with E-state index in [0.717, 1.165) is 19.0 Å². The molecule has 2 N–H and O–H groups in total. The average molecular weight is 246 g/mol. The molecule has 1 saturated carbocycles. The lowest BCUT2D eigenvalue weighted by atomic mass is 9.68. The number of nitrogen functional groups attached to an aromatic ring is 1. The van der Waals surface area contributed by atoms with Crippen molar-refractivity contribution in [2.24, 2.45) is 5.41 Å². The van der Waals surface area contributed by atoms with Crippen LogP contribution in [0.2, 0.25) is 0 Å². The molecule has 2 aliphatic rings. The van der Waals surface area contributed by atoms with Crippen LogP contribution in [0.15, 0.2) is 12.4 Å². The molecule has 0 unspecified atom stereocenters. The van der Waals surface area contributed by atoms with Gasteiger partial charge in [0.2, 0.25) is 5.95 Å². The molecule has 4 nitrogen and oxygen atoms in total. The Morgan fingerprint density at radius 3 is 2.17 bits per heavy atom. The maximum Gasteiger partial charge on any atom is 0.225 e. The van der Waals surface area contributed by atoms with Gasteiger partial charge in [0.1, 0.15) is 0 Å². The van der Waals surface area contributed by atoms with Crippen molar-refractivity contribution in [3.05, 3.63) is 12.4 Å². The normalized spacial score (nSPS) is 23.2. The number of hydrogen-bond acceptors (Lipinski definition) is 4. The summed E-state index contributed by atoms with van der Waals surface area (Å²) < 4.78 is 0. The van der Waals surface area contributed by atoms with Gasteiger partial charge in [-0.05, 0) is 31.1 Å². The molecule has 3 rings (SSSR count). The molecule has 1 spiro atoms. The van der Waals surface area contributed by atoms with Gasteiger partial charge < -0.3 is 10.6 Å². The predicted octanol–water partition coefficient (Wildman–Crippen LogP) is 2.61. The van der Waals surface area contributed by atoms with E-state index in [0.29, 0.717) is 11.1 Å². The molecule has 1 aliphatic heterocycles. The van der Waals surface area contributed by atoms with E-state index in [-0.39, 0.29) is 0 Å². The Labute approximate surface area is 109 Å². The molecule has 2 fully saturated rings. The SMILES string of the molecule is Nc1cnc(N2CCC3(CCCCC3)CC2)nc1. The average Bonchev–Trinajstić information content (AvgIpc) is 2.42. The lowest BCUT2D eigenvalue weighted by molar-refractivity contribution is 0.144. The quantitative estimate of drug-likeness (QED) is 0.827. The molecule has 1 aliphatic carbocycles. The molecule has 1 aromatic rings. The molecule has 0 amide bonds. The highest BCUT2D eigenvalue weighted by molar-refractivity contribution is 5.38. The number of anilines is 2. The van der Waals surface area contributed by atoms with E-state index in [1.807, 2.05) is 0 Å². The summed E-state index contributed by atoms with van der Waals surface area (Å²) in [5, 5.41) is 0. The molecule has 1 aromatic heterocycles. The van der Waals surface area contributed by atoms with Crippen molar-refractivity contribution in [2.45, 2.75) is 44.9 Å². The fourth-order valence-electron chi connectivity index (χ4n) is 3.48. The summed E-state index contributed by atoms with van der Waals surface area (Å²) >= 11 is 0. The number of rotatable bonds is 1. The zero-order chi connectivity index (χ0) is 12.4. The number of nitrogens with zero attached hydrogens (tertiary/aromatic N) is 3. The molecule has 1 saturated heterocycles. The third-order valence-corrected chi connectivity index (χ3v) is 4.68. The van der Waals surface area contributed by atoms with Crippen molar-refractivity contribution in [3.8, 4) is 0 Å². The fraction of sp³-hybridized carbons (Fsp3) is 0.714. The molecular weight excluding hydrogens is 224 g/mol. The first kappa shape index (κ1) is 11.8. The van der Waals surface area contributed by atoms with Crippen LogP contribution < -0.4 is 10.6 Å². The van der Waals surface area contributed by atoms with Crippen molar-refractivity contribution in [1.82, 2.24) is 9.97 Å². The van der Waals surface area contributed by atoms with Gasteiger partial charge in [0, 0.05) is 13.1 Å². The van der Waals surface area contributed by atoms with Gasteiger partial charge in [-0.2, -0.15) is 0 Å². The third-order valence-electron chi connectivity index (χ3n) is 4.68. The second kappa shape index (κ2) is 4.75. The van der Waals surface area contributed by atoms with Crippen LogP contribution in [0.5, 0.6) is 0 Å². The summed E-state index contributed by atoms with van der Waals surface area (Å²) in [7, 11) is 0. The highest BCUT2D eigenvalue weighted by Crippen LogP contribution is 2.44. The Hall–Kier alpha value is -1.32. The number of nitrogens with two attached hydrogens (primary N) is 1. The maximum atomic E-state index is 5.62.